The molecule has 0 bridgehead atoms. The normalized spacial score (nSPS) is 18.0. The number of likely N-dealkylation sites (tertiary alicyclic amines) is 1. The molecule has 0 spiro atoms. The van der Waals surface area contributed by atoms with Crippen LogP contribution in [0.3, 0.4) is 0 Å². The van der Waals surface area contributed by atoms with E-state index in [0.29, 0.717) is 11.8 Å². The fraction of sp³-hybridized carbons (Fsp3) is 0.500. The molecule has 122 valence electrons. The lowest BCUT2D eigenvalue weighted by molar-refractivity contribution is -0.137. The lowest BCUT2D eigenvalue weighted by Gasteiger charge is -2.35. The number of tetrazole rings is 1. The van der Waals surface area contributed by atoms with Gasteiger partial charge in [-0.15, -0.1) is 5.10 Å². The number of hydrogen-bond donors (Lipinski definition) is 0. The highest BCUT2D eigenvalue weighted by atomic mass is 16.5. The first-order chi connectivity index (χ1) is 11.3. The van der Waals surface area contributed by atoms with Crippen molar-refractivity contribution in [3.05, 3.63) is 30.6 Å². The Kier molecular flexibility index (Phi) is 4.85. The van der Waals surface area contributed by atoms with Crippen LogP contribution in [0.4, 0.5) is 0 Å². The van der Waals surface area contributed by atoms with Crippen LogP contribution in [0.5, 0.6) is 5.75 Å². The van der Waals surface area contributed by atoms with Crippen molar-refractivity contribution < 1.29 is 9.53 Å². The topological polar surface area (TPSA) is 73.1 Å². The fourth-order valence-corrected chi connectivity index (χ4v) is 2.96. The van der Waals surface area contributed by atoms with E-state index >= 15 is 0 Å². The number of nitrogens with zero attached hydrogens (tertiary/aromatic N) is 5. The van der Waals surface area contributed by atoms with Crippen molar-refractivity contribution in [1.29, 1.82) is 0 Å². The van der Waals surface area contributed by atoms with Crippen molar-refractivity contribution in [2.75, 3.05) is 13.2 Å². The van der Waals surface area contributed by atoms with E-state index in [1.165, 1.54) is 12.7 Å². The third-order valence-corrected chi connectivity index (χ3v) is 4.23. The van der Waals surface area contributed by atoms with Crippen LogP contribution in [0, 0.1) is 0 Å². The van der Waals surface area contributed by atoms with Crippen LogP contribution in [0.25, 0.3) is 5.69 Å². The summed E-state index contributed by atoms with van der Waals surface area (Å²) in [6.07, 6.45) is 5.93. The highest BCUT2D eigenvalue weighted by Gasteiger charge is 2.25. The van der Waals surface area contributed by atoms with E-state index < -0.39 is 0 Å². The molecule has 0 aliphatic carbocycles. The van der Waals surface area contributed by atoms with Crippen molar-refractivity contribution in [2.45, 2.75) is 38.6 Å². The summed E-state index contributed by atoms with van der Waals surface area (Å²) in [6.45, 7) is 3.06. The molecule has 0 saturated carbocycles. The third-order valence-electron chi connectivity index (χ3n) is 4.23. The maximum atomic E-state index is 12.4. The summed E-state index contributed by atoms with van der Waals surface area (Å²) in [5.41, 5.74) is 0.843. The van der Waals surface area contributed by atoms with Gasteiger partial charge < -0.3 is 9.64 Å². The Morgan fingerprint density at radius 1 is 1.30 bits per heavy atom. The van der Waals surface area contributed by atoms with E-state index in [2.05, 4.69) is 22.4 Å². The zero-order chi connectivity index (χ0) is 16.1. The van der Waals surface area contributed by atoms with Gasteiger partial charge in [0.1, 0.15) is 12.1 Å². The van der Waals surface area contributed by atoms with E-state index in [4.69, 9.17) is 4.74 Å². The van der Waals surface area contributed by atoms with E-state index in [0.717, 1.165) is 31.5 Å². The number of amides is 1. The fourth-order valence-electron chi connectivity index (χ4n) is 2.96. The summed E-state index contributed by atoms with van der Waals surface area (Å²) in [7, 11) is 0. The molecule has 7 nitrogen and oxygen atoms in total. The van der Waals surface area contributed by atoms with Crippen LogP contribution < -0.4 is 4.74 Å². The smallest absolute Gasteiger partial charge is 0.260 e. The Balaban J connectivity index is 1.56. The number of ether oxygens (including phenoxy) is 1. The predicted molar refractivity (Wildman–Crippen MR) is 84.3 cm³/mol. The monoisotopic (exact) mass is 315 g/mol. The van der Waals surface area contributed by atoms with Crippen LogP contribution in [-0.2, 0) is 4.79 Å². The molecule has 3 rings (SSSR count). The summed E-state index contributed by atoms with van der Waals surface area (Å²) in [5, 5.41) is 11.0. The lowest BCUT2D eigenvalue weighted by atomic mass is 10.00. The molecule has 7 heteroatoms. The molecule has 1 aliphatic heterocycles. The molecule has 0 radical (unpaired) electrons. The maximum Gasteiger partial charge on any atom is 0.260 e. The molecule has 1 aromatic heterocycles. The minimum atomic E-state index is 0.0705. The number of rotatable bonds is 5. The van der Waals surface area contributed by atoms with Gasteiger partial charge in [0.25, 0.3) is 5.91 Å². The number of aromatic nitrogens is 4. The molecule has 2 aromatic rings. The molecule has 1 atom stereocenters. The van der Waals surface area contributed by atoms with Gasteiger partial charge >= 0.3 is 0 Å². The molecule has 23 heavy (non-hydrogen) atoms. The molecule has 1 aromatic carbocycles. The quantitative estimate of drug-likeness (QED) is 0.841. The highest BCUT2D eigenvalue weighted by Crippen LogP contribution is 2.20. The molecule has 1 saturated heterocycles. The third kappa shape index (κ3) is 3.67. The molecule has 1 amide bonds. The summed E-state index contributed by atoms with van der Waals surface area (Å²) < 4.78 is 7.20. The Morgan fingerprint density at radius 2 is 2.13 bits per heavy atom. The average Bonchev–Trinajstić information content (AvgIpc) is 3.14. The number of benzene rings is 1. The van der Waals surface area contributed by atoms with Gasteiger partial charge in [-0.3, -0.25) is 4.79 Å². The highest BCUT2D eigenvalue weighted by molar-refractivity contribution is 5.78. The minimum Gasteiger partial charge on any atom is -0.484 e. The largest absolute Gasteiger partial charge is 0.484 e. The van der Waals surface area contributed by atoms with Crippen LogP contribution in [0.2, 0.25) is 0 Å². The van der Waals surface area contributed by atoms with Gasteiger partial charge in [0.2, 0.25) is 0 Å². The lowest BCUT2D eigenvalue weighted by Crippen LogP contribution is -2.45. The van der Waals surface area contributed by atoms with Crippen molar-refractivity contribution in [2.24, 2.45) is 0 Å². The number of carbonyl (C=O) groups excluding carboxylic acids is 1. The second-order valence-corrected chi connectivity index (χ2v) is 5.68. The van der Waals surface area contributed by atoms with Gasteiger partial charge in [-0.25, -0.2) is 4.68 Å². The van der Waals surface area contributed by atoms with E-state index in [9.17, 15) is 4.79 Å². The second kappa shape index (κ2) is 7.21. The van der Waals surface area contributed by atoms with Crippen molar-refractivity contribution in [3.8, 4) is 11.4 Å². The van der Waals surface area contributed by atoms with Gasteiger partial charge in [0, 0.05) is 12.6 Å². The molecular weight excluding hydrogens is 294 g/mol. The summed E-state index contributed by atoms with van der Waals surface area (Å²) >= 11 is 0. The number of piperidine rings is 1. The van der Waals surface area contributed by atoms with Crippen LogP contribution >= 0.6 is 0 Å². The van der Waals surface area contributed by atoms with Gasteiger partial charge in [-0.1, -0.05) is 6.92 Å². The number of carbonyl (C=O) groups is 1. The molecular formula is C16H21N5O2. The first kappa shape index (κ1) is 15.5. The van der Waals surface area contributed by atoms with Gasteiger partial charge in [0.15, 0.2) is 6.61 Å². The zero-order valence-corrected chi connectivity index (χ0v) is 13.3. The summed E-state index contributed by atoms with van der Waals surface area (Å²) in [5.74, 6) is 0.737. The minimum absolute atomic E-state index is 0.0705. The van der Waals surface area contributed by atoms with Gasteiger partial charge in [-0.05, 0) is 60.4 Å². The van der Waals surface area contributed by atoms with Gasteiger partial charge in [0.05, 0.1) is 5.69 Å². The van der Waals surface area contributed by atoms with Gasteiger partial charge in [-0.2, -0.15) is 0 Å². The summed E-state index contributed by atoms with van der Waals surface area (Å²) in [4.78, 5) is 14.3. The van der Waals surface area contributed by atoms with E-state index in [1.807, 2.05) is 29.2 Å². The van der Waals surface area contributed by atoms with Crippen LogP contribution in [0.15, 0.2) is 30.6 Å². The van der Waals surface area contributed by atoms with Crippen molar-refractivity contribution >= 4 is 5.91 Å². The average molecular weight is 315 g/mol. The van der Waals surface area contributed by atoms with Crippen molar-refractivity contribution in [3.63, 3.8) is 0 Å². The zero-order valence-electron chi connectivity index (χ0n) is 13.3. The summed E-state index contributed by atoms with van der Waals surface area (Å²) in [6, 6.07) is 7.70. The Morgan fingerprint density at radius 3 is 2.83 bits per heavy atom. The molecule has 1 fully saturated rings. The van der Waals surface area contributed by atoms with E-state index in [-0.39, 0.29) is 12.5 Å². The SMILES string of the molecule is CC[C@H]1CCCCN1C(=O)COc1ccc(-n2cnnn2)cc1. The first-order valence-corrected chi connectivity index (χ1v) is 8.03. The van der Waals surface area contributed by atoms with Crippen molar-refractivity contribution in [1.82, 2.24) is 25.1 Å². The Bertz CT molecular complexity index is 626. The molecule has 2 heterocycles. The standard InChI is InChI=1S/C16H21N5O2/c1-2-13-5-3-4-10-20(13)16(22)11-23-15-8-6-14(7-9-15)21-12-17-18-19-21/h6-9,12-13H,2-5,10-11H2,1H3/t13-/m0/s1. The maximum absolute atomic E-state index is 12.4. The van der Waals surface area contributed by atoms with Crippen LogP contribution in [-0.4, -0.2) is 50.2 Å². The molecule has 1 aliphatic rings. The Labute approximate surface area is 135 Å². The predicted octanol–water partition coefficient (Wildman–Crippen LogP) is 1.83. The van der Waals surface area contributed by atoms with Crippen LogP contribution in [0.1, 0.15) is 32.6 Å². The molecule has 0 N–H and O–H groups in total. The second-order valence-electron chi connectivity index (χ2n) is 5.68. The molecule has 0 unspecified atom stereocenters. The number of hydrogen-bond acceptors (Lipinski definition) is 5. The Hall–Kier alpha value is -2.44. The first-order valence-electron chi connectivity index (χ1n) is 8.03. The van der Waals surface area contributed by atoms with E-state index in [1.54, 1.807) is 4.68 Å².